The Bertz CT molecular complexity index is 745. The van der Waals surface area contributed by atoms with Gasteiger partial charge in [0.15, 0.2) is 4.34 Å². The van der Waals surface area contributed by atoms with Crippen LogP contribution in [0.1, 0.15) is 20.8 Å². The van der Waals surface area contributed by atoms with Gasteiger partial charge in [-0.15, -0.1) is 11.3 Å². The fraction of sp³-hybridized carbons (Fsp3) is 0.400. The predicted octanol–water partition coefficient (Wildman–Crippen LogP) is 4.39. The van der Waals surface area contributed by atoms with Crippen LogP contribution in [0.3, 0.4) is 0 Å². The van der Waals surface area contributed by atoms with E-state index in [1.54, 1.807) is 39.0 Å². The van der Waals surface area contributed by atoms with Crippen molar-refractivity contribution in [1.82, 2.24) is 4.98 Å². The van der Waals surface area contributed by atoms with Crippen molar-refractivity contribution in [2.75, 3.05) is 11.1 Å². The number of thiazole rings is 1. The Morgan fingerprint density at radius 3 is 2.88 bits per heavy atom. The van der Waals surface area contributed by atoms with Gasteiger partial charge in [0.1, 0.15) is 0 Å². The molecule has 1 atom stereocenters. The molecular weight excluding hydrogens is 356 g/mol. The normalized spacial score (nSPS) is 12.2. The molecule has 1 aromatic heterocycles. The van der Waals surface area contributed by atoms with Crippen molar-refractivity contribution in [3.63, 3.8) is 0 Å². The Balaban J connectivity index is 2.04. The van der Waals surface area contributed by atoms with Crippen LogP contribution in [0.5, 0.6) is 0 Å². The van der Waals surface area contributed by atoms with Crippen LogP contribution in [0.15, 0.2) is 27.7 Å². The molecule has 24 heavy (non-hydrogen) atoms. The van der Waals surface area contributed by atoms with Crippen molar-refractivity contribution < 1.29 is 18.4 Å². The van der Waals surface area contributed by atoms with Gasteiger partial charge in [0, 0.05) is 5.69 Å². The maximum atomic E-state index is 12.3. The zero-order valence-electron chi connectivity index (χ0n) is 13.4. The number of thioether (sulfide) groups is 1. The number of carbonyl (C=O) groups is 1. The summed E-state index contributed by atoms with van der Waals surface area (Å²) < 4.78 is 25.9. The minimum Gasteiger partial charge on any atom is -0.383 e. The van der Waals surface area contributed by atoms with Gasteiger partial charge in [0.25, 0.3) is 5.91 Å². The second kappa shape index (κ2) is 8.39. The van der Waals surface area contributed by atoms with Crippen LogP contribution in [0.4, 0.5) is 14.5 Å². The molecule has 0 bridgehead atoms. The Morgan fingerprint density at radius 1 is 1.46 bits per heavy atom. The molecule has 0 spiro atoms. The molecule has 0 radical (unpaired) electrons. The van der Waals surface area contributed by atoms with E-state index in [-0.39, 0.29) is 11.7 Å². The van der Waals surface area contributed by atoms with Crippen LogP contribution in [0.25, 0.3) is 10.2 Å². The molecule has 1 aromatic carbocycles. The number of halogens is 2. The maximum absolute atomic E-state index is 12.3. The average molecular weight is 373 g/mol. The monoisotopic (exact) mass is 373 g/mol. The fourth-order valence-electron chi connectivity index (χ4n) is 1.65. The van der Waals surface area contributed by atoms with E-state index in [1.165, 1.54) is 11.3 Å². The van der Waals surface area contributed by atoms with Crippen molar-refractivity contribution in [1.29, 1.82) is 0 Å². The molecule has 9 heteroatoms. The van der Waals surface area contributed by atoms with E-state index in [0.717, 1.165) is 22.2 Å². The summed E-state index contributed by atoms with van der Waals surface area (Å²) in [4.78, 5) is 21.4. The van der Waals surface area contributed by atoms with Crippen LogP contribution < -0.4 is 5.32 Å². The van der Waals surface area contributed by atoms with Gasteiger partial charge < -0.3 is 10.2 Å². The smallest absolute Gasteiger partial charge is 0.267 e. The summed E-state index contributed by atoms with van der Waals surface area (Å²) in [6.07, 6.45) is -3.10. The Hall–Kier alpha value is -1.74. The largest absolute Gasteiger partial charge is 0.383 e. The number of alkyl halides is 2. The number of hydrogen-bond acceptors (Lipinski definition) is 6. The zero-order valence-corrected chi connectivity index (χ0v) is 15.0. The van der Waals surface area contributed by atoms with Gasteiger partial charge in [-0.2, -0.15) is 0 Å². The van der Waals surface area contributed by atoms with Crippen molar-refractivity contribution in [2.45, 2.75) is 37.6 Å². The maximum Gasteiger partial charge on any atom is 0.267 e. The summed E-state index contributed by atoms with van der Waals surface area (Å²) in [5.41, 5.74) is 2.02. The molecule has 2 rings (SSSR count). The lowest BCUT2D eigenvalue weighted by Gasteiger charge is -2.10. The molecule has 0 saturated carbocycles. The standard InChI is InChI=1S/C15H17F2N3O2S2/c1-8(2)20-22-9(3)14(21)18-10-4-5-11-12(6-10)24-15(19-11)23-7-13(16)17/h4-6,9,13H,7H2,1-3H3,(H,18,21). The van der Waals surface area contributed by atoms with Crippen LogP contribution in [-0.2, 0) is 9.63 Å². The summed E-state index contributed by atoms with van der Waals surface area (Å²) in [5.74, 6) is -0.605. The van der Waals surface area contributed by atoms with E-state index < -0.39 is 12.5 Å². The second-order valence-corrected chi connectivity index (χ2v) is 7.44. The molecular formula is C15H17F2N3O2S2. The zero-order chi connectivity index (χ0) is 17.7. The Morgan fingerprint density at radius 2 is 2.21 bits per heavy atom. The lowest BCUT2D eigenvalue weighted by Crippen LogP contribution is -2.26. The quantitative estimate of drug-likeness (QED) is 0.444. The predicted molar refractivity (Wildman–Crippen MR) is 94.3 cm³/mol. The summed E-state index contributed by atoms with van der Waals surface area (Å²) in [6, 6.07) is 5.22. The highest BCUT2D eigenvalue weighted by atomic mass is 32.2. The third-order valence-corrected chi connectivity index (χ3v) is 4.91. The molecule has 0 aliphatic rings. The molecule has 5 nitrogen and oxygen atoms in total. The van der Waals surface area contributed by atoms with Gasteiger partial charge in [-0.05, 0) is 39.0 Å². The number of nitrogens with one attached hydrogen (secondary N) is 1. The SMILES string of the molecule is CC(C)=NOC(C)C(=O)Nc1ccc2nc(SCC(F)F)sc2c1. The first kappa shape index (κ1) is 18.6. The highest BCUT2D eigenvalue weighted by Crippen LogP contribution is 2.32. The van der Waals surface area contributed by atoms with E-state index in [1.807, 2.05) is 0 Å². The topological polar surface area (TPSA) is 63.6 Å². The molecule has 0 saturated heterocycles. The Kier molecular flexibility index (Phi) is 6.50. The number of benzene rings is 1. The number of fused-ring (bicyclic) bond motifs is 1. The van der Waals surface area contributed by atoms with Crippen LogP contribution in [0.2, 0.25) is 0 Å². The molecule has 1 unspecified atom stereocenters. The summed E-state index contributed by atoms with van der Waals surface area (Å²) in [7, 11) is 0. The third kappa shape index (κ3) is 5.41. The number of amides is 1. The third-order valence-electron chi connectivity index (χ3n) is 2.73. The molecule has 0 fully saturated rings. The number of anilines is 1. The number of carbonyl (C=O) groups excluding carboxylic acids is 1. The van der Waals surface area contributed by atoms with E-state index in [4.69, 9.17) is 4.84 Å². The van der Waals surface area contributed by atoms with Crippen LogP contribution >= 0.6 is 23.1 Å². The van der Waals surface area contributed by atoms with Crippen molar-refractivity contribution in [2.24, 2.45) is 5.16 Å². The number of nitrogens with zero attached hydrogens (tertiary/aromatic N) is 2. The number of hydrogen-bond donors (Lipinski definition) is 1. The molecule has 2 aromatic rings. The van der Waals surface area contributed by atoms with Gasteiger partial charge in [-0.3, -0.25) is 4.79 Å². The minimum atomic E-state index is -2.37. The molecule has 1 amide bonds. The van der Waals surface area contributed by atoms with Crippen molar-refractivity contribution >= 4 is 50.6 Å². The number of aromatic nitrogens is 1. The van der Waals surface area contributed by atoms with E-state index in [9.17, 15) is 13.6 Å². The second-order valence-electron chi connectivity index (χ2n) is 5.14. The van der Waals surface area contributed by atoms with Crippen molar-refractivity contribution in [3.05, 3.63) is 18.2 Å². The highest BCUT2D eigenvalue weighted by molar-refractivity contribution is 8.01. The lowest BCUT2D eigenvalue weighted by molar-refractivity contribution is -0.126. The average Bonchev–Trinajstić information content (AvgIpc) is 2.92. The molecule has 0 aliphatic heterocycles. The first-order valence-electron chi connectivity index (χ1n) is 7.14. The molecule has 130 valence electrons. The fourth-order valence-corrected chi connectivity index (χ4v) is 3.53. The van der Waals surface area contributed by atoms with E-state index in [0.29, 0.717) is 15.5 Å². The summed E-state index contributed by atoms with van der Waals surface area (Å²) in [5, 5.41) is 6.49. The Labute approximate surface area is 146 Å². The van der Waals surface area contributed by atoms with Crippen molar-refractivity contribution in [3.8, 4) is 0 Å². The molecule has 1 N–H and O–H groups in total. The van der Waals surface area contributed by atoms with Crippen LogP contribution in [-0.4, -0.2) is 34.9 Å². The number of rotatable bonds is 7. The van der Waals surface area contributed by atoms with Gasteiger partial charge in [-0.25, -0.2) is 13.8 Å². The first-order valence-corrected chi connectivity index (χ1v) is 8.95. The van der Waals surface area contributed by atoms with Crippen LogP contribution in [0, 0.1) is 0 Å². The number of oxime groups is 1. The van der Waals surface area contributed by atoms with Gasteiger partial charge in [0.2, 0.25) is 12.5 Å². The van der Waals surface area contributed by atoms with Gasteiger partial charge in [0.05, 0.1) is 21.7 Å². The summed E-state index contributed by atoms with van der Waals surface area (Å²) >= 11 is 2.34. The lowest BCUT2D eigenvalue weighted by atomic mass is 10.3. The highest BCUT2D eigenvalue weighted by Gasteiger charge is 2.15. The molecule has 1 heterocycles. The van der Waals surface area contributed by atoms with Gasteiger partial charge in [-0.1, -0.05) is 16.9 Å². The minimum absolute atomic E-state index is 0.282. The van der Waals surface area contributed by atoms with Gasteiger partial charge >= 0.3 is 0 Å². The molecule has 0 aliphatic carbocycles. The van der Waals surface area contributed by atoms with E-state index >= 15 is 0 Å². The first-order chi connectivity index (χ1) is 11.3. The van der Waals surface area contributed by atoms with E-state index in [2.05, 4.69) is 15.5 Å². The summed E-state index contributed by atoms with van der Waals surface area (Å²) in [6.45, 7) is 5.14.